The maximum atomic E-state index is 12.6. The van der Waals surface area contributed by atoms with E-state index in [9.17, 15) is 8.42 Å². The van der Waals surface area contributed by atoms with Gasteiger partial charge in [0.2, 0.25) is 0 Å². The van der Waals surface area contributed by atoms with Crippen LogP contribution in [0.5, 0.6) is 0 Å². The van der Waals surface area contributed by atoms with Gasteiger partial charge in [0.1, 0.15) is 4.90 Å². The molecule has 3 rings (SSSR count). The summed E-state index contributed by atoms with van der Waals surface area (Å²) in [4.78, 5) is 0.0863. The predicted molar refractivity (Wildman–Crippen MR) is 95.0 cm³/mol. The van der Waals surface area contributed by atoms with Gasteiger partial charge in [0.15, 0.2) is 0 Å². The standard InChI is InChI=1S/C17H19N3O2S/c1-11-6-7-16(14(18)9-11)23(21,22)20-15-5-3-4-13-8-12(2)10-19-17(13)15/h3-9,19-20H,10,18H2,1-2H3. The van der Waals surface area contributed by atoms with Crippen molar-refractivity contribution >= 4 is 33.2 Å². The molecule has 5 nitrogen and oxygen atoms in total. The number of nitrogen functional groups attached to an aromatic ring is 1. The second-order valence-electron chi connectivity index (χ2n) is 5.76. The number of benzene rings is 2. The van der Waals surface area contributed by atoms with Crippen LogP contribution in [0.4, 0.5) is 17.1 Å². The molecule has 0 radical (unpaired) electrons. The van der Waals surface area contributed by atoms with Crippen molar-refractivity contribution in [2.24, 2.45) is 0 Å². The van der Waals surface area contributed by atoms with Crippen LogP contribution >= 0.6 is 0 Å². The fraction of sp³-hybridized carbons (Fsp3) is 0.176. The molecule has 1 heterocycles. The Bertz CT molecular complexity index is 902. The smallest absolute Gasteiger partial charge is 0.264 e. The van der Waals surface area contributed by atoms with Crippen LogP contribution in [0.25, 0.3) is 6.08 Å². The first kappa shape index (κ1) is 15.4. The Hall–Kier alpha value is -2.47. The Balaban J connectivity index is 2.01. The number of nitrogens with two attached hydrogens (primary N) is 1. The number of hydrogen-bond donors (Lipinski definition) is 3. The van der Waals surface area contributed by atoms with Crippen molar-refractivity contribution < 1.29 is 8.42 Å². The van der Waals surface area contributed by atoms with Crippen LogP contribution < -0.4 is 15.8 Å². The van der Waals surface area contributed by atoms with Gasteiger partial charge >= 0.3 is 0 Å². The Kier molecular flexibility index (Phi) is 3.77. The summed E-state index contributed by atoms with van der Waals surface area (Å²) in [5.74, 6) is 0. The third-order valence-electron chi connectivity index (χ3n) is 3.74. The van der Waals surface area contributed by atoms with Gasteiger partial charge in [0, 0.05) is 6.54 Å². The van der Waals surface area contributed by atoms with Crippen molar-refractivity contribution in [1.29, 1.82) is 0 Å². The number of rotatable bonds is 3. The molecular formula is C17H19N3O2S. The summed E-state index contributed by atoms with van der Waals surface area (Å²) in [6, 6.07) is 10.4. The van der Waals surface area contributed by atoms with Crippen LogP contribution in [0.2, 0.25) is 0 Å². The molecule has 0 bridgehead atoms. The van der Waals surface area contributed by atoms with E-state index in [0.29, 0.717) is 12.2 Å². The first-order valence-electron chi connectivity index (χ1n) is 7.30. The Morgan fingerprint density at radius 1 is 1.17 bits per heavy atom. The van der Waals surface area contributed by atoms with Gasteiger partial charge in [-0.15, -0.1) is 0 Å². The minimum atomic E-state index is -3.74. The van der Waals surface area contributed by atoms with E-state index in [1.54, 1.807) is 18.2 Å². The second kappa shape index (κ2) is 5.62. The van der Waals surface area contributed by atoms with Crippen LogP contribution in [0.3, 0.4) is 0 Å². The van der Waals surface area contributed by atoms with Gasteiger partial charge in [-0.1, -0.05) is 29.8 Å². The molecule has 0 saturated heterocycles. The first-order chi connectivity index (χ1) is 10.9. The Morgan fingerprint density at radius 3 is 2.70 bits per heavy atom. The largest absolute Gasteiger partial charge is 0.398 e. The number of hydrogen-bond acceptors (Lipinski definition) is 4. The van der Waals surface area contributed by atoms with Crippen LogP contribution in [-0.4, -0.2) is 15.0 Å². The Labute approximate surface area is 136 Å². The highest BCUT2D eigenvalue weighted by atomic mass is 32.2. The number of nitrogens with one attached hydrogen (secondary N) is 2. The number of anilines is 3. The van der Waals surface area contributed by atoms with Crippen LogP contribution in [0.15, 0.2) is 46.9 Å². The maximum absolute atomic E-state index is 12.6. The van der Waals surface area contributed by atoms with E-state index >= 15 is 0 Å². The zero-order valence-corrected chi connectivity index (χ0v) is 13.9. The van der Waals surface area contributed by atoms with E-state index in [4.69, 9.17) is 5.73 Å². The molecule has 2 aromatic carbocycles. The van der Waals surface area contributed by atoms with Gasteiger partial charge in [-0.2, -0.15) is 0 Å². The van der Waals surface area contributed by atoms with E-state index < -0.39 is 10.0 Å². The topological polar surface area (TPSA) is 84.2 Å². The Morgan fingerprint density at radius 2 is 1.96 bits per heavy atom. The minimum Gasteiger partial charge on any atom is -0.398 e. The molecule has 120 valence electrons. The minimum absolute atomic E-state index is 0.0863. The summed E-state index contributed by atoms with van der Waals surface area (Å²) in [7, 11) is -3.74. The van der Waals surface area contributed by atoms with E-state index in [1.165, 1.54) is 11.6 Å². The average Bonchev–Trinajstić information content (AvgIpc) is 2.46. The highest BCUT2D eigenvalue weighted by Gasteiger charge is 2.20. The molecule has 0 unspecified atom stereocenters. The highest BCUT2D eigenvalue weighted by molar-refractivity contribution is 7.92. The third kappa shape index (κ3) is 3.03. The zero-order valence-electron chi connectivity index (χ0n) is 13.1. The van der Waals surface area contributed by atoms with Crippen molar-refractivity contribution in [1.82, 2.24) is 0 Å². The molecule has 1 aliphatic rings. The van der Waals surface area contributed by atoms with Crippen molar-refractivity contribution in [3.8, 4) is 0 Å². The average molecular weight is 329 g/mol. The summed E-state index contributed by atoms with van der Waals surface area (Å²) in [6.07, 6.45) is 2.05. The zero-order chi connectivity index (χ0) is 16.6. The number of para-hydroxylation sites is 1. The molecule has 0 saturated carbocycles. The van der Waals surface area contributed by atoms with E-state index in [-0.39, 0.29) is 10.6 Å². The van der Waals surface area contributed by atoms with Crippen molar-refractivity contribution in [3.05, 3.63) is 53.1 Å². The predicted octanol–water partition coefficient (Wildman–Crippen LogP) is 3.21. The molecule has 2 aromatic rings. The molecule has 0 spiro atoms. The van der Waals surface area contributed by atoms with E-state index in [0.717, 1.165) is 16.8 Å². The lowest BCUT2D eigenvalue weighted by Crippen LogP contribution is -2.18. The molecule has 0 amide bonds. The summed E-state index contributed by atoms with van der Waals surface area (Å²) in [5, 5.41) is 3.25. The number of aryl methyl sites for hydroxylation is 1. The molecular weight excluding hydrogens is 310 g/mol. The van der Waals surface area contributed by atoms with Crippen LogP contribution in [0.1, 0.15) is 18.1 Å². The van der Waals surface area contributed by atoms with E-state index in [1.807, 2.05) is 32.1 Å². The second-order valence-corrected chi connectivity index (χ2v) is 7.41. The lowest BCUT2D eigenvalue weighted by molar-refractivity contribution is 0.601. The highest BCUT2D eigenvalue weighted by Crippen LogP contribution is 2.33. The molecule has 0 atom stereocenters. The fourth-order valence-corrected chi connectivity index (χ4v) is 3.82. The van der Waals surface area contributed by atoms with Gasteiger partial charge in [-0.05, 0) is 43.2 Å². The SMILES string of the molecule is CC1=Cc2cccc(NS(=O)(=O)c3ccc(C)cc3N)c2NC1. The summed E-state index contributed by atoms with van der Waals surface area (Å²) < 4.78 is 27.9. The summed E-state index contributed by atoms with van der Waals surface area (Å²) >= 11 is 0. The third-order valence-corrected chi connectivity index (χ3v) is 5.18. The number of fused-ring (bicyclic) bond motifs is 1. The van der Waals surface area contributed by atoms with Gasteiger partial charge in [0.25, 0.3) is 10.0 Å². The normalized spacial score (nSPS) is 13.7. The lowest BCUT2D eigenvalue weighted by Gasteiger charge is -2.21. The van der Waals surface area contributed by atoms with Gasteiger partial charge < -0.3 is 11.1 Å². The van der Waals surface area contributed by atoms with Gasteiger partial charge in [-0.25, -0.2) is 8.42 Å². The molecule has 0 aromatic heterocycles. The van der Waals surface area contributed by atoms with Gasteiger partial charge in [-0.3, -0.25) is 4.72 Å². The van der Waals surface area contributed by atoms with Crippen molar-refractivity contribution in [2.75, 3.05) is 22.3 Å². The van der Waals surface area contributed by atoms with Crippen molar-refractivity contribution in [2.45, 2.75) is 18.7 Å². The van der Waals surface area contributed by atoms with E-state index in [2.05, 4.69) is 10.0 Å². The quantitative estimate of drug-likeness (QED) is 0.755. The molecule has 4 N–H and O–H groups in total. The molecule has 6 heteroatoms. The molecule has 0 aliphatic carbocycles. The molecule has 1 aliphatic heterocycles. The summed E-state index contributed by atoms with van der Waals surface area (Å²) in [6.45, 7) is 4.59. The van der Waals surface area contributed by atoms with Gasteiger partial charge in [0.05, 0.1) is 17.1 Å². The fourth-order valence-electron chi connectivity index (χ4n) is 2.63. The summed E-state index contributed by atoms with van der Waals surface area (Å²) in [5.41, 5.74) is 10.5. The lowest BCUT2D eigenvalue weighted by atomic mass is 10.0. The van der Waals surface area contributed by atoms with Crippen LogP contribution in [0, 0.1) is 6.92 Å². The first-order valence-corrected chi connectivity index (χ1v) is 8.78. The molecule has 23 heavy (non-hydrogen) atoms. The van der Waals surface area contributed by atoms with Crippen molar-refractivity contribution in [3.63, 3.8) is 0 Å². The number of sulfonamides is 1. The monoisotopic (exact) mass is 329 g/mol. The van der Waals surface area contributed by atoms with Crippen LogP contribution in [-0.2, 0) is 10.0 Å². The molecule has 0 fully saturated rings. The maximum Gasteiger partial charge on any atom is 0.264 e.